The van der Waals surface area contributed by atoms with Crippen LogP contribution in [0.25, 0.3) is 0 Å². The highest BCUT2D eigenvalue weighted by Gasteiger charge is 2.21. The maximum Gasteiger partial charge on any atom is 0.312 e. The molecule has 2 unspecified atom stereocenters. The molecule has 2 amide bonds. The average molecular weight is 210 g/mol. The number of carbonyl (C=O) groups is 1. The topological polar surface area (TPSA) is 72.9 Å². The molecule has 15 heavy (non-hydrogen) atoms. The first-order chi connectivity index (χ1) is 7.06. The summed E-state index contributed by atoms with van der Waals surface area (Å²) in [4.78, 5) is 15.0. The van der Waals surface area contributed by atoms with Crippen LogP contribution in [-0.2, 0) is 7.05 Å². The molecule has 0 aliphatic rings. The van der Waals surface area contributed by atoms with Crippen LogP contribution in [0.5, 0.6) is 0 Å². The molecule has 1 aromatic rings. The normalized spacial score (nSPS) is 14.6. The Kier molecular flexibility index (Phi) is 3.71. The Balaban J connectivity index is 2.90. The molecule has 0 bridgehead atoms. The van der Waals surface area contributed by atoms with Crippen molar-refractivity contribution in [2.75, 3.05) is 0 Å². The van der Waals surface area contributed by atoms with Crippen molar-refractivity contribution in [3.05, 3.63) is 18.2 Å². The second-order valence-electron chi connectivity index (χ2n) is 3.80. The number of nitrogens with zero attached hydrogens (tertiary/aromatic N) is 2. The van der Waals surface area contributed by atoms with E-state index in [1.54, 1.807) is 12.5 Å². The summed E-state index contributed by atoms with van der Waals surface area (Å²) in [7, 11) is 1.90. The van der Waals surface area contributed by atoms with Crippen molar-refractivity contribution in [2.24, 2.45) is 18.7 Å². The number of nitrogens with two attached hydrogens (primary N) is 1. The molecule has 0 aliphatic heterocycles. The van der Waals surface area contributed by atoms with E-state index >= 15 is 0 Å². The van der Waals surface area contributed by atoms with Gasteiger partial charge in [0.15, 0.2) is 0 Å². The van der Waals surface area contributed by atoms with Gasteiger partial charge in [-0.2, -0.15) is 0 Å². The van der Waals surface area contributed by atoms with E-state index in [9.17, 15) is 4.79 Å². The second-order valence-corrected chi connectivity index (χ2v) is 3.80. The van der Waals surface area contributed by atoms with Gasteiger partial charge >= 0.3 is 6.03 Å². The fourth-order valence-electron chi connectivity index (χ4n) is 1.56. The number of primary amides is 1. The third-order valence-electron chi connectivity index (χ3n) is 2.68. The molecule has 2 atom stereocenters. The molecule has 0 aliphatic carbocycles. The van der Waals surface area contributed by atoms with E-state index in [-0.39, 0.29) is 6.04 Å². The minimum atomic E-state index is -0.499. The van der Waals surface area contributed by atoms with Crippen LogP contribution in [0.15, 0.2) is 12.5 Å². The van der Waals surface area contributed by atoms with Crippen LogP contribution in [0.4, 0.5) is 4.79 Å². The Bertz CT molecular complexity index is 334. The van der Waals surface area contributed by atoms with Gasteiger partial charge in [0.25, 0.3) is 0 Å². The maximum absolute atomic E-state index is 10.9. The van der Waals surface area contributed by atoms with E-state index in [0.29, 0.717) is 5.92 Å². The van der Waals surface area contributed by atoms with Gasteiger partial charge < -0.3 is 15.6 Å². The van der Waals surface area contributed by atoms with Crippen molar-refractivity contribution in [3.8, 4) is 0 Å². The summed E-state index contributed by atoms with van der Waals surface area (Å²) in [5, 5.41) is 2.75. The number of hydrogen-bond donors (Lipinski definition) is 2. The fourth-order valence-corrected chi connectivity index (χ4v) is 1.56. The first-order valence-electron chi connectivity index (χ1n) is 5.08. The summed E-state index contributed by atoms with van der Waals surface area (Å²) in [6.45, 7) is 4.16. The van der Waals surface area contributed by atoms with Crippen molar-refractivity contribution < 1.29 is 4.79 Å². The molecule has 84 valence electrons. The zero-order valence-electron chi connectivity index (χ0n) is 9.40. The van der Waals surface area contributed by atoms with Crippen LogP contribution < -0.4 is 11.1 Å². The molecule has 0 saturated heterocycles. The predicted molar refractivity (Wildman–Crippen MR) is 58.1 cm³/mol. The highest BCUT2D eigenvalue weighted by molar-refractivity contribution is 5.72. The second kappa shape index (κ2) is 4.82. The van der Waals surface area contributed by atoms with Crippen molar-refractivity contribution in [1.82, 2.24) is 14.9 Å². The molecule has 0 aromatic carbocycles. The molecule has 3 N–H and O–H groups in total. The van der Waals surface area contributed by atoms with Gasteiger partial charge in [-0.25, -0.2) is 9.78 Å². The maximum atomic E-state index is 10.9. The lowest BCUT2D eigenvalue weighted by Crippen LogP contribution is -2.37. The standard InChI is InChI=1S/C10H18N4O/c1-4-7(2)9(13-10(11)15)8-5-12-6-14(8)3/h5-7,9H,4H2,1-3H3,(H3,11,13,15). The number of hydrogen-bond acceptors (Lipinski definition) is 2. The first kappa shape index (κ1) is 11.6. The van der Waals surface area contributed by atoms with Crippen molar-refractivity contribution >= 4 is 6.03 Å². The summed E-state index contributed by atoms with van der Waals surface area (Å²) in [5.74, 6) is 0.327. The lowest BCUT2D eigenvalue weighted by molar-refractivity contribution is 0.239. The number of rotatable bonds is 4. The number of aryl methyl sites for hydroxylation is 1. The minimum Gasteiger partial charge on any atom is -0.352 e. The van der Waals surface area contributed by atoms with E-state index in [2.05, 4.69) is 24.1 Å². The van der Waals surface area contributed by atoms with Crippen molar-refractivity contribution in [2.45, 2.75) is 26.3 Å². The molecule has 0 spiro atoms. The summed E-state index contributed by atoms with van der Waals surface area (Å²) in [6.07, 6.45) is 4.44. The van der Waals surface area contributed by atoms with Crippen LogP contribution in [0, 0.1) is 5.92 Å². The first-order valence-corrected chi connectivity index (χ1v) is 5.08. The SMILES string of the molecule is CCC(C)C(NC(N)=O)c1cncn1C. The van der Waals surface area contributed by atoms with Gasteiger partial charge in [-0.15, -0.1) is 0 Å². The minimum absolute atomic E-state index is 0.0694. The molecular formula is C10H18N4O. The number of carbonyl (C=O) groups excluding carboxylic acids is 1. The molecule has 1 heterocycles. The Labute approximate surface area is 89.7 Å². The van der Waals surface area contributed by atoms with E-state index in [1.165, 1.54) is 0 Å². The Morgan fingerprint density at radius 3 is 2.80 bits per heavy atom. The molecule has 5 heteroatoms. The zero-order valence-corrected chi connectivity index (χ0v) is 9.40. The molecule has 1 rings (SSSR count). The van der Waals surface area contributed by atoms with Crippen LogP contribution >= 0.6 is 0 Å². The Morgan fingerprint density at radius 2 is 2.40 bits per heavy atom. The molecule has 1 aromatic heterocycles. The molecule has 0 saturated carbocycles. The fraction of sp³-hybridized carbons (Fsp3) is 0.600. The quantitative estimate of drug-likeness (QED) is 0.783. The summed E-state index contributed by atoms with van der Waals surface area (Å²) in [6, 6.07) is -0.568. The summed E-state index contributed by atoms with van der Waals surface area (Å²) < 4.78 is 1.90. The van der Waals surface area contributed by atoms with Crippen LogP contribution in [0.1, 0.15) is 32.0 Å². The lowest BCUT2D eigenvalue weighted by atomic mass is 9.96. The molecule has 0 radical (unpaired) electrons. The largest absolute Gasteiger partial charge is 0.352 e. The smallest absolute Gasteiger partial charge is 0.312 e. The van der Waals surface area contributed by atoms with Crippen molar-refractivity contribution in [1.29, 1.82) is 0 Å². The predicted octanol–water partition coefficient (Wildman–Crippen LogP) is 1.18. The van der Waals surface area contributed by atoms with E-state index in [0.717, 1.165) is 12.1 Å². The van der Waals surface area contributed by atoms with Crippen LogP contribution in [-0.4, -0.2) is 15.6 Å². The Hall–Kier alpha value is -1.52. The van der Waals surface area contributed by atoms with Gasteiger partial charge in [0, 0.05) is 7.05 Å². The lowest BCUT2D eigenvalue weighted by Gasteiger charge is -2.23. The summed E-state index contributed by atoms with van der Waals surface area (Å²) >= 11 is 0. The van der Waals surface area contributed by atoms with Gasteiger partial charge in [-0.1, -0.05) is 20.3 Å². The molecule has 5 nitrogen and oxygen atoms in total. The van der Waals surface area contributed by atoms with Crippen molar-refractivity contribution in [3.63, 3.8) is 0 Å². The number of nitrogens with one attached hydrogen (secondary N) is 1. The average Bonchev–Trinajstić information content (AvgIpc) is 2.59. The number of aromatic nitrogens is 2. The number of amides is 2. The van der Waals surface area contributed by atoms with Gasteiger partial charge in [-0.3, -0.25) is 0 Å². The number of imidazole rings is 1. The van der Waals surface area contributed by atoms with E-state index < -0.39 is 6.03 Å². The monoisotopic (exact) mass is 210 g/mol. The third-order valence-corrected chi connectivity index (χ3v) is 2.68. The highest BCUT2D eigenvalue weighted by atomic mass is 16.2. The highest BCUT2D eigenvalue weighted by Crippen LogP contribution is 2.23. The summed E-state index contributed by atoms with van der Waals surface area (Å²) in [5.41, 5.74) is 6.14. The van der Waals surface area contributed by atoms with E-state index in [1.807, 2.05) is 11.6 Å². The van der Waals surface area contributed by atoms with Crippen LogP contribution in [0.3, 0.4) is 0 Å². The zero-order chi connectivity index (χ0) is 11.4. The molecular weight excluding hydrogens is 192 g/mol. The van der Waals surface area contributed by atoms with Crippen LogP contribution in [0.2, 0.25) is 0 Å². The van der Waals surface area contributed by atoms with Gasteiger partial charge in [0.1, 0.15) is 0 Å². The number of urea groups is 1. The Morgan fingerprint density at radius 1 is 1.73 bits per heavy atom. The van der Waals surface area contributed by atoms with E-state index in [4.69, 9.17) is 5.73 Å². The van der Waals surface area contributed by atoms with Gasteiger partial charge in [-0.05, 0) is 5.92 Å². The van der Waals surface area contributed by atoms with Gasteiger partial charge in [0.05, 0.1) is 24.3 Å². The molecule has 0 fully saturated rings. The third kappa shape index (κ3) is 2.71. The van der Waals surface area contributed by atoms with Gasteiger partial charge in [0.2, 0.25) is 0 Å².